The predicted molar refractivity (Wildman–Crippen MR) is 102 cm³/mol. The van der Waals surface area contributed by atoms with Crippen molar-refractivity contribution in [2.75, 3.05) is 0 Å². The van der Waals surface area contributed by atoms with Gasteiger partial charge in [-0.1, -0.05) is 53.7 Å². The largest absolute Gasteiger partial charge is 0.322 e. The van der Waals surface area contributed by atoms with Gasteiger partial charge in [0, 0.05) is 23.7 Å². The summed E-state index contributed by atoms with van der Waals surface area (Å²) in [7, 11) is 0. The quantitative estimate of drug-likeness (QED) is 0.731. The van der Waals surface area contributed by atoms with E-state index in [1.807, 2.05) is 12.3 Å². The topological polar surface area (TPSA) is 41.6 Å². The maximum atomic E-state index is 9.51. The zero-order chi connectivity index (χ0) is 18.6. The molecule has 1 aromatic heterocycles. The molecule has 1 aromatic carbocycles. The van der Waals surface area contributed by atoms with Crippen LogP contribution in [-0.4, -0.2) is 9.55 Å². The minimum atomic E-state index is -0.109. The van der Waals surface area contributed by atoms with E-state index in [9.17, 15) is 5.26 Å². The predicted octanol–water partition coefficient (Wildman–Crippen LogP) is 5.06. The molecule has 3 rings (SSSR count). The molecule has 1 atom stereocenters. The highest BCUT2D eigenvalue weighted by atomic mass is 15.2. The summed E-state index contributed by atoms with van der Waals surface area (Å²) in [6.07, 6.45) is 4.09. The molecular weight excluding hydrogens is 306 g/mol. The lowest BCUT2D eigenvalue weighted by molar-refractivity contribution is 0.377. The van der Waals surface area contributed by atoms with E-state index in [2.05, 4.69) is 71.2 Å². The van der Waals surface area contributed by atoms with Crippen molar-refractivity contribution in [3.8, 4) is 6.07 Å². The number of rotatable bonds is 1. The minimum absolute atomic E-state index is 0.0519. The van der Waals surface area contributed by atoms with E-state index in [-0.39, 0.29) is 16.4 Å². The monoisotopic (exact) mass is 335 g/mol. The molecule has 132 valence electrons. The first kappa shape index (κ1) is 17.7. The third-order valence-electron chi connectivity index (χ3n) is 5.50. The van der Waals surface area contributed by atoms with Crippen LogP contribution in [0.4, 0.5) is 0 Å². The lowest BCUT2D eigenvalue weighted by Crippen LogP contribution is -2.33. The van der Waals surface area contributed by atoms with E-state index >= 15 is 0 Å². The number of nitrogens with zero attached hydrogens (tertiary/aromatic N) is 3. The molecule has 25 heavy (non-hydrogen) atoms. The standard InChI is InChI=1S/C22H29N3/c1-20(2,3)17-12-16(9-8-15(17)13-23)22(7)11-10-19-24-14-18(25(19)22)21(4,5)6/h8-9,12,14H,10-11H2,1-7H3. The molecular formula is C22H29N3. The van der Waals surface area contributed by atoms with Gasteiger partial charge in [0.1, 0.15) is 5.82 Å². The second kappa shape index (κ2) is 5.46. The molecule has 0 aliphatic carbocycles. The van der Waals surface area contributed by atoms with Crippen LogP contribution in [0.1, 0.15) is 83.1 Å². The van der Waals surface area contributed by atoms with E-state index in [0.29, 0.717) is 0 Å². The van der Waals surface area contributed by atoms with Gasteiger partial charge in [0.05, 0.1) is 17.2 Å². The van der Waals surface area contributed by atoms with Crippen LogP contribution in [-0.2, 0) is 22.8 Å². The molecule has 2 heterocycles. The van der Waals surface area contributed by atoms with Crippen molar-refractivity contribution in [1.29, 1.82) is 5.26 Å². The summed E-state index contributed by atoms with van der Waals surface area (Å²) >= 11 is 0. The molecule has 0 saturated carbocycles. The van der Waals surface area contributed by atoms with Crippen LogP contribution in [0.25, 0.3) is 0 Å². The number of imidazole rings is 1. The van der Waals surface area contributed by atoms with Crippen molar-refractivity contribution >= 4 is 0 Å². The molecule has 0 radical (unpaired) electrons. The summed E-state index contributed by atoms with van der Waals surface area (Å²) in [6, 6.07) is 8.74. The van der Waals surface area contributed by atoms with Crippen molar-refractivity contribution in [2.45, 2.75) is 77.7 Å². The Morgan fingerprint density at radius 2 is 1.80 bits per heavy atom. The molecule has 0 spiro atoms. The van der Waals surface area contributed by atoms with Gasteiger partial charge in [-0.3, -0.25) is 0 Å². The van der Waals surface area contributed by atoms with Crippen LogP contribution < -0.4 is 0 Å². The molecule has 0 N–H and O–H groups in total. The van der Waals surface area contributed by atoms with E-state index in [4.69, 9.17) is 4.98 Å². The third-order valence-corrected chi connectivity index (χ3v) is 5.50. The maximum Gasteiger partial charge on any atom is 0.109 e. The van der Waals surface area contributed by atoms with Crippen LogP contribution in [0.15, 0.2) is 24.4 Å². The van der Waals surface area contributed by atoms with Crippen molar-refractivity contribution in [3.63, 3.8) is 0 Å². The fraction of sp³-hybridized carbons (Fsp3) is 0.545. The van der Waals surface area contributed by atoms with Crippen molar-refractivity contribution in [1.82, 2.24) is 9.55 Å². The zero-order valence-corrected chi connectivity index (χ0v) is 16.6. The van der Waals surface area contributed by atoms with E-state index < -0.39 is 0 Å². The maximum absolute atomic E-state index is 9.51. The summed E-state index contributed by atoms with van der Waals surface area (Å²) < 4.78 is 2.45. The smallest absolute Gasteiger partial charge is 0.109 e. The Morgan fingerprint density at radius 1 is 1.12 bits per heavy atom. The van der Waals surface area contributed by atoms with Gasteiger partial charge in [-0.05, 0) is 36.0 Å². The van der Waals surface area contributed by atoms with Crippen LogP contribution in [0.2, 0.25) is 0 Å². The Balaban J connectivity index is 2.21. The second-order valence-electron chi connectivity index (χ2n) is 9.54. The van der Waals surface area contributed by atoms with Crippen molar-refractivity contribution in [3.05, 3.63) is 52.6 Å². The Bertz CT molecular complexity index is 853. The molecule has 1 aliphatic rings. The van der Waals surface area contributed by atoms with Crippen molar-refractivity contribution < 1.29 is 0 Å². The number of nitriles is 1. The van der Waals surface area contributed by atoms with Gasteiger partial charge in [-0.25, -0.2) is 4.98 Å². The highest BCUT2D eigenvalue weighted by Gasteiger charge is 2.40. The fourth-order valence-electron chi connectivity index (χ4n) is 3.98. The van der Waals surface area contributed by atoms with Gasteiger partial charge in [0.25, 0.3) is 0 Å². The Hall–Kier alpha value is -2.08. The first-order valence-electron chi connectivity index (χ1n) is 9.11. The van der Waals surface area contributed by atoms with Gasteiger partial charge in [-0.15, -0.1) is 0 Å². The number of aromatic nitrogens is 2. The van der Waals surface area contributed by atoms with Crippen LogP contribution >= 0.6 is 0 Å². The molecule has 1 unspecified atom stereocenters. The van der Waals surface area contributed by atoms with Crippen LogP contribution in [0.5, 0.6) is 0 Å². The highest BCUT2D eigenvalue weighted by Crippen LogP contribution is 2.43. The Labute approximate surface area is 151 Å². The van der Waals surface area contributed by atoms with Gasteiger partial charge in [0.15, 0.2) is 0 Å². The van der Waals surface area contributed by atoms with Crippen LogP contribution in [0.3, 0.4) is 0 Å². The number of hydrogen-bond donors (Lipinski definition) is 0. The molecule has 3 nitrogen and oxygen atoms in total. The summed E-state index contributed by atoms with van der Waals surface area (Å²) in [5, 5.41) is 9.51. The summed E-state index contributed by atoms with van der Waals surface area (Å²) in [5.74, 6) is 1.18. The molecule has 0 fully saturated rings. The molecule has 2 aromatic rings. The molecule has 0 amide bonds. The van der Waals surface area contributed by atoms with Crippen molar-refractivity contribution in [2.24, 2.45) is 0 Å². The summed E-state index contributed by atoms with van der Waals surface area (Å²) in [6.45, 7) is 15.6. The normalized spacial score (nSPS) is 20.4. The Kier molecular flexibility index (Phi) is 3.87. The summed E-state index contributed by atoms with van der Waals surface area (Å²) in [4.78, 5) is 4.70. The molecule has 3 heteroatoms. The van der Waals surface area contributed by atoms with E-state index in [1.165, 1.54) is 17.1 Å². The first-order valence-corrected chi connectivity index (χ1v) is 9.11. The highest BCUT2D eigenvalue weighted by molar-refractivity contribution is 5.46. The lowest BCUT2D eigenvalue weighted by atomic mass is 9.79. The SMILES string of the molecule is CC(C)(C)c1cc(C2(C)CCc3ncc(C(C)(C)C)n32)ccc1C#N. The molecule has 1 aliphatic heterocycles. The van der Waals surface area contributed by atoms with E-state index in [0.717, 1.165) is 24.0 Å². The zero-order valence-electron chi connectivity index (χ0n) is 16.6. The van der Waals surface area contributed by atoms with Gasteiger partial charge < -0.3 is 4.57 Å². The van der Waals surface area contributed by atoms with E-state index in [1.54, 1.807) is 0 Å². The van der Waals surface area contributed by atoms with Gasteiger partial charge >= 0.3 is 0 Å². The number of benzene rings is 1. The minimum Gasteiger partial charge on any atom is -0.322 e. The third kappa shape index (κ3) is 2.78. The molecule has 0 bridgehead atoms. The lowest BCUT2D eigenvalue weighted by Gasteiger charge is -2.34. The average Bonchev–Trinajstić information content (AvgIpc) is 3.07. The Morgan fingerprint density at radius 3 is 2.36 bits per heavy atom. The van der Waals surface area contributed by atoms with Gasteiger partial charge in [-0.2, -0.15) is 5.26 Å². The average molecular weight is 335 g/mol. The number of hydrogen-bond acceptors (Lipinski definition) is 2. The number of fused-ring (bicyclic) bond motifs is 1. The first-order chi connectivity index (χ1) is 11.5. The molecule has 0 saturated heterocycles. The second-order valence-corrected chi connectivity index (χ2v) is 9.54. The van der Waals surface area contributed by atoms with Gasteiger partial charge in [0.2, 0.25) is 0 Å². The van der Waals surface area contributed by atoms with Crippen LogP contribution in [0, 0.1) is 11.3 Å². The fourth-order valence-corrected chi connectivity index (χ4v) is 3.98. The number of aryl methyl sites for hydroxylation is 1. The summed E-state index contributed by atoms with van der Waals surface area (Å²) in [5.41, 5.74) is 4.35.